The lowest BCUT2D eigenvalue weighted by molar-refractivity contribution is -0.121. The van der Waals surface area contributed by atoms with Gasteiger partial charge in [-0.3, -0.25) is 9.79 Å². The van der Waals surface area contributed by atoms with E-state index in [2.05, 4.69) is 45.2 Å². The van der Waals surface area contributed by atoms with Gasteiger partial charge in [-0.2, -0.15) is 0 Å². The van der Waals surface area contributed by atoms with Gasteiger partial charge >= 0.3 is 0 Å². The minimum atomic E-state index is -0.232. The molecule has 7 heteroatoms. The van der Waals surface area contributed by atoms with Gasteiger partial charge in [0.2, 0.25) is 5.91 Å². The molecule has 1 heterocycles. The third kappa shape index (κ3) is 6.89. The maximum absolute atomic E-state index is 11.8. The van der Waals surface area contributed by atoms with Gasteiger partial charge in [-0.25, -0.2) is 4.98 Å². The summed E-state index contributed by atoms with van der Waals surface area (Å²) < 4.78 is 0. The molecule has 0 bridgehead atoms. The Morgan fingerprint density at radius 2 is 2.05 bits per heavy atom. The first kappa shape index (κ1) is 18.4. The van der Waals surface area contributed by atoms with Gasteiger partial charge in [0.15, 0.2) is 5.96 Å². The van der Waals surface area contributed by atoms with Gasteiger partial charge in [0, 0.05) is 18.0 Å². The van der Waals surface area contributed by atoms with Gasteiger partial charge in [0.05, 0.1) is 18.8 Å². The zero-order valence-corrected chi connectivity index (χ0v) is 15.1. The Kier molecular flexibility index (Phi) is 6.80. The van der Waals surface area contributed by atoms with Gasteiger partial charge in [-0.05, 0) is 26.7 Å². The molecule has 1 amide bonds. The number of aliphatic imine (C=N–C) groups is 1. The van der Waals surface area contributed by atoms with Crippen molar-refractivity contribution in [2.24, 2.45) is 4.99 Å². The molecule has 0 aliphatic rings. The summed E-state index contributed by atoms with van der Waals surface area (Å²) in [7, 11) is 1.68. The first-order valence-electron chi connectivity index (χ1n) is 7.41. The number of nitrogens with one attached hydrogen (secondary N) is 3. The second-order valence-electron chi connectivity index (χ2n) is 6.40. The second-order valence-corrected chi connectivity index (χ2v) is 7.34. The zero-order valence-electron chi connectivity index (χ0n) is 14.3. The number of hydrogen-bond acceptors (Lipinski definition) is 4. The molecule has 0 radical (unpaired) electrons. The molecule has 0 saturated heterocycles. The SMILES string of the molecule is CN=C(NCC(=O)NC(C)(C)C)NCc1nc(C(C)C)cs1. The van der Waals surface area contributed by atoms with Crippen molar-refractivity contribution in [3.05, 3.63) is 16.1 Å². The van der Waals surface area contributed by atoms with Crippen molar-refractivity contribution in [2.45, 2.75) is 52.6 Å². The number of nitrogens with zero attached hydrogens (tertiary/aromatic N) is 2. The molecule has 0 fully saturated rings. The van der Waals surface area contributed by atoms with Crippen molar-refractivity contribution in [2.75, 3.05) is 13.6 Å². The van der Waals surface area contributed by atoms with Crippen LogP contribution in [-0.2, 0) is 11.3 Å². The van der Waals surface area contributed by atoms with E-state index in [0.29, 0.717) is 18.4 Å². The van der Waals surface area contributed by atoms with Gasteiger partial charge in [-0.1, -0.05) is 13.8 Å². The molecule has 1 aromatic heterocycles. The van der Waals surface area contributed by atoms with Gasteiger partial charge < -0.3 is 16.0 Å². The highest BCUT2D eigenvalue weighted by molar-refractivity contribution is 7.09. The van der Waals surface area contributed by atoms with E-state index in [-0.39, 0.29) is 18.0 Å². The van der Waals surface area contributed by atoms with E-state index < -0.39 is 0 Å². The van der Waals surface area contributed by atoms with E-state index in [1.807, 2.05) is 20.8 Å². The normalized spacial score (nSPS) is 12.4. The highest BCUT2D eigenvalue weighted by Gasteiger charge is 2.13. The van der Waals surface area contributed by atoms with Crippen LogP contribution in [-0.4, -0.2) is 36.0 Å². The van der Waals surface area contributed by atoms with Crippen LogP contribution in [0.5, 0.6) is 0 Å². The van der Waals surface area contributed by atoms with Crippen molar-refractivity contribution in [1.82, 2.24) is 20.9 Å². The minimum absolute atomic E-state index is 0.0632. The smallest absolute Gasteiger partial charge is 0.239 e. The van der Waals surface area contributed by atoms with E-state index in [4.69, 9.17) is 0 Å². The number of amides is 1. The monoisotopic (exact) mass is 325 g/mol. The maximum Gasteiger partial charge on any atom is 0.239 e. The molecule has 0 spiro atoms. The summed E-state index contributed by atoms with van der Waals surface area (Å²) in [6.07, 6.45) is 0. The number of guanidine groups is 1. The summed E-state index contributed by atoms with van der Waals surface area (Å²) >= 11 is 1.63. The Morgan fingerprint density at radius 3 is 2.55 bits per heavy atom. The van der Waals surface area contributed by atoms with Gasteiger partial charge in [0.1, 0.15) is 5.01 Å². The quantitative estimate of drug-likeness (QED) is 0.570. The van der Waals surface area contributed by atoms with Crippen LogP contribution in [0.3, 0.4) is 0 Å². The molecule has 6 nitrogen and oxygen atoms in total. The second kappa shape index (κ2) is 8.12. The zero-order chi connectivity index (χ0) is 16.8. The van der Waals surface area contributed by atoms with Crippen LogP contribution in [0.2, 0.25) is 0 Å². The molecule has 0 atom stereocenters. The number of hydrogen-bond donors (Lipinski definition) is 3. The predicted molar refractivity (Wildman–Crippen MR) is 92.3 cm³/mol. The summed E-state index contributed by atoms with van der Waals surface area (Å²) in [4.78, 5) is 20.4. The van der Waals surface area contributed by atoms with E-state index in [0.717, 1.165) is 10.7 Å². The van der Waals surface area contributed by atoms with Crippen LogP contribution in [0.15, 0.2) is 10.4 Å². The molecular weight excluding hydrogens is 298 g/mol. The molecular formula is C15H27N5OS. The first-order valence-corrected chi connectivity index (χ1v) is 8.29. The summed E-state index contributed by atoms with van der Waals surface area (Å²) in [5.41, 5.74) is 0.874. The Bertz CT molecular complexity index is 516. The number of thiazole rings is 1. The number of rotatable bonds is 5. The summed E-state index contributed by atoms with van der Waals surface area (Å²) in [6.45, 7) is 10.9. The van der Waals surface area contributed by atoms with Gasteiger partial charge in [0.25, 0.3) is 0 Å². The minimum Gasteiger partial charge on any atom is -0.350 e. The fourth-order valence-corrected chi connectivity index (χ4v) is 2.57. The van der Waals surface area contributed by atoms with Crippen LogP contribution < -0.4 is 16.0 Å². The van der Waals surface area contributed by atoms with E-state index >= 15 is 0 Å². The van der Waals surface area contributed by atoms with Crippen molar-refractivity contribution in [3.63, 3.8) is 0 Å². The Balaban J connectivity index is 2.41. The molecule has 0 aromatic carbocycles. The number of carbonyl (C=O) groups excluding carboxylic acids is 1. The molecule has 0 aliphatic heterocycles. The largest absolute Gasteiger partial charge is 0.350 e. The Hall–Kier alpha value is -1.63. The summed E-state index contributed by atoms with van der Waals surface area (Å²) in [6, 6.07) is 0. The van der Waals surface area contributed by atoms with Crippen molar-refractivity contribution >= 4 is 23.2 Å². The van der Waals surface area contributed by atoms with Crippen LogP contribution in [0, 0.1) is 0 Å². The number of carbonyl (C=O) groups is 1. The van der Waals surface area contributed by atoms with Crippen molar-refractivity contribution < 1.29 is 4.79 Å². The molecule has 1 rings (SSSR count). The Labute approximate surface area is 136 Å². The predicted octanol–water partition coefficient (Wildman–Crippen LogP) is 1.85. The lowest BCUT2D eigenvalue weighted by Crippen LogP contribution is -2.48. The third-order valence-corrected chi connectivity index (χ3v) is 3.59. The molecule has 124 valence electrons. The highest BCUT2D eigenvalue weighted by Crippen LogP contribution is 2.17. The summed E-state index contributed by atoms with van der Waals surface area (Å²) in [5, 5.41) is 12.1. The molecule has 0 unspecified atom stereocenters. The molecule has 0 aliphatic carbocycles. The average Bonchev–Trinajstić information content (AvgIpc) is 2.86. The lowest BCUT2D eigenvalue weighted by Gasteiger charge is -2.21. The van der Waals surface area contributed by atoms with Crippen LogP contribution in [0.1, 0.15) is 51.2 Å². The van der Waals surface area contributed by atoms with Crippen molar-refractivity contribution in [3.8, 4) is 0 Å². The first-order chi connectivity index (χ1) is 10.2. The van der Waals surface area contributed by atoms with Gasteiger partial charge in [-0.15, -0.1) is 11.3 Å². The van der Waals surface area contributed by atoms with Crippen molar-refractivity contribution in [1.29, 1.82) is 0 Å². The molecule has 22 heavy (non-hydrogen) atoms. The van der Waals surface area contributed by atoms with E-state index in [1.165, 1.54) is 0 Å². The highest BCUT2D eigenvalue weighted by atomic mass is 32.1. The average molecular weight is 325 g/mol. The fraction of sp³-hybridized carbons (Fsp3) is 0.667. The van der Waals surface area contributed by atoms with Crippen LogP contribution in [0.4, 0.5) is 0 Å². The molecule has 0 saturated carbocycles. The van der Waals surface area contributed by atoms with Crippen LogP contribution in [0.25, 0.3) is 0 Å². The third-order valence-electron chi connectivity index (χ3n) is 2.72. The topological polar surface area (TPSA) is 78.4 Å². The number of aromatic nitrogens is 1. The summed E-state index contributed by atoms with van der Waals surface area (Å²) in [5.74, 6) is 0.959. The fourth-order valence-electron chi connectivity index (χ4n) is 1.68. The molecule has 1 aromatic rings. The Morgan fingerprint density at radius 1 is 1.36 bits per heavy atom. The maximum atomic E-state index is 11.8. The standard InChI is InChI=1S/C15H27N5OS/c1-10(2)11-9-22-13(19-11)8-18-14(16-6)17-7-12(21)20-15(3,4)5/h9-10H,7-8H2,1-6H3,(H,20,21)(H2,16,17,18). The molecule has 3 N–H and O–H groups in total. The van der Waals surface area contributed by atoms with Crippen LogP contribution >= 0.6 is 11.3 Å². The van der Waals surface area contributed by atoms with E-state index in [9.17, 15) is 4.79 Å². The lowest BCUT2D eigenvalue weighted by atomic mass is 10.1. The van der Waals surface area contributed by atoms with E-state index in [1.54, 1.807) is 18.4 Å².